The lowest BCUT2D eigenvalue weighted by molar-refractivity contribution is -0.133. The van der Waals surface area contributed by atoms with Crippen LogP contribution in [0.3, 0.4) is 0 Å². The lowest BCUT2D eigenvalue weighted by atomic mass is 10.1. The van der Waals surface area contributed by atoms with Crippen molar-refractivity contribution < 1.29 is 19.1 Å². The average molecular weight is 419 g/mol. The van der Waals surface area contributed by atoms with Crippen LogP contribution in [0.4, 0.5) is 0 Å². The number of ether oxygens (including phenoxy) is 1. The van der Waals surface area contributed by atoms with Crippen LogP contribution in [-0.2, 0) is 17.8 Å². The van der Waals surface area contributed by atoms with E-state index in [1.54, 1.807) is 24.3 Å². The summed E-state index contributed by atoms with van der Waals surface area (Å²) in [6.45, 7) is 4.70. The molecule has 3 heterocycles. The number of hydrogen-bond acceptors (Lipinski definition) is 5. The number of imide groups is 1. The van der Waals surface area contributed by atoms with Gasteiger partial charge < -0.3 is 9.64 Å². The Kier molecular flexibility index (Phi) is 5.19. The molecule has 2 aromatic carbocycles. The third-order valence-electron chi connectivity index (χ3n) is 6.31. The fraction of sp³-hybridized carbons (Fsp3) is 0.375. The number of hydrogen-bond donors (Lipinski definition) is 0. The van der Waals surface area contributed by atoms with Gasteiger partial charge in [-0.15, -0.1) is 0 Å². The molecular formula is C24H25N3O4. The standard InChI is InChI=1S/C24H25N3O4/c28-22(7-9-27-23(29)19-3-1-2-4-20(19)24(27)30)26-12-10-25(11-13-26)16-17-5-6-21-18(15-17)8-14-31-21/h1-6,15H,7-14,16H2. The molecule has 3 aliphatic rings. The molecule has 0 N–H and O–H groups in total. The van der Waals surface area contributed by atoms with E-state index in [9.17, 15) is 14.4 Å². The number of piperazine rings is 1. The summed E-state index contributed by atoms with van der Waals surface area (Å²) in [6, 6.07) is 13.2. The van der Waals surface area contributed by atoms with Gasteiger partial charge in [0.05, 0.1) is 17.7 Å². The Morgan fingerprint density at radius 1 is 0.935 bits per heavy atom. The minimum absolute atomic E-state index is 0.00844. The summed E-state index contributed by atoms with van der Waals surface area (Å²) in [4.78, 5) is 43.0. The fourth-order valence-electron chi connectivity index (χ4n) is 4.56. The second kappa shape index (κ2) is 8.15. The second-order valence-corrected chi connectivity index (χ2v) is 8.25. The van der Waals surface area contributed by atoms with Crippen LogP contribution >= 0.6 is 0 Å². The third kappa shape index (κ3) is 3.81. The molecule has 1 fully saturated rings. The Balaban J connectivity index is 1.11. The predicted molar refractivity (Wildman–Crippen MR) is 114 cm³/mol. The van der Waals surface area contributed by atoms with Crippen LogP contribution in [0.15, 0.2) is 42.5 Å². The molecule has 0 bridgehead atoms. The van der Waals surface area contributed by atoms with Gasteiger partial charge in [0.15, 0.2) is 0 Å². The molecule has 1 saturated heterocycles. The lowest BCUT2D eigenvalue weighted by Gasteiger charge is -2.35. The molecule has 0 saturated carbocycles. The molecule has 0 radical (unpaired) electrons. The van der Waals surface area contributed by atoms with Gasteiger partial charge in [0.25, 0.3) is 11.8 Å². The maximum atomic E-state index is 12.7. The zero-order chi connectivity index (χ0) is 21.4. The molecule has 0 spiro atoms. The summed E-state index contributed by atoms with van der Waals surface area (Å²) in [7, 11) is 0. The molecule has 7 heteroatoms. The van der Waals surface area contributed by atoms with E-state index in [2.05, 4.69) is 23.1 Å². The molecular weight excluding hydrogens is 394 g/mol. The van der Waals surface area contributed by atoms with E-state index in [-0.39, 0.29) is 30.7 Å². The Labute approximate surface area is 181 Å². The van der Waals surface area contributed by atoms with Gasteiger partial charge in [-0.05, 0) is 29.3 Å². The van der Waals surface area contributed by atoms with E-state index >= 15 is 0 Å². The minimum Gasteiger partial charge on any atom is -0.493 e. The van der Waals surface area contributed by atoms with Crippen molar-refractivity contribution in [1.82, 2.24) is 14.7 Å². The SMILES string of the molecule is O=C(CCN1C(=O)c2ccccc2C1=O)N1CCN(Cc2ccc3c(c2)CCO3)CC1. The summed E-state index contributed by atoms with van der Waals surface area (Å²) in [5, 5.41) is 0. The summed E-state index contributed by atoms with van der Waals surface area (Å²) in [5.74, 6) is 0.374. The number of carbonyl (C=O) groups excluding carboxylic acids is 3. The van der Waals surface area contributed by atoms with Gasteiger partial charge in [-0.2, -0.15) is 0 Å². The van der Waals surface area contributed by atoms with Gasteiger partial charge >= 0.3 is 0 Å². The van der Waals surface area contributed by atoms with Gasteiger partial charge in [0.1, 0.15) is 5.75 Å². The van der Waals surface area contributed by atoms with Gasteiger partial charge in [0.2, 0.25) is 5.91 Å². The molecule has 3 aliphatic heterocycles. The van der Waals surface area contributed by atoms with Crippen molar-refractivity contribution >= 4 is 17.7 Å². The highest BCUT2D eigenvalue weighted by molar-refractivity contribution is 6.21. The Morgan fingerprint density at radius 2 is 1.65 bits per heavy atom. The van der Waals surface area contributed by atoms with Crippen LogP contribution in [0.1, 0.15) is 38.3 Å². The average Bonchev–Trinajstić information content (AvgIpc) is 3.35. The number of amides is 3. The monoisotopic (exact) mass is 419 g/mol. The zero-order valence-electron chi connectivity index (χ0n) is 17.4. The van der Waals surface area contributed by atoms with E-state index in [0.29, 0.717) is 24.2 Å². The summed E-state index contributed by atoms with van der Waals surface area (Å²) < 4.78 is 5.57. The van der Waals surface area contributed by atoms with Crippen molar-refractivity contribution in [2.45, 2.75) is 19.4 Å². The fourth-order valence-corrected chi connectivity index (χ4v) is 4.56. The van der Waals surface area contributed by atoms with Crippen molar-refractivity contribution in [3.8, 4) is 5.75 Å². The Morgan fingerprint density at radius 3 is 2.35 bits per heavy atom. The van der Waals surface area contributed by atoms with Crippen LogP contribution in [0.25, 0.3) is 0 Å². The quantitative estimate of drug-likeness (QED) is 0.693. The van der Waals surface area contributed by atoms with E-state index in [0.717, 1.165) is 38.4 Å². The van der Waals surface area contributed by atoms with Crippen LogP contribution < -0.4 is 4.74 Å². The highest BCUT2D eigenvalue weighted by Gasteiger charge is 2.35. The minimum atomic E-state index is -0.307. The summed E-state index contributed by atoms with van der Waals surface area (Å²) >= 11 is 0. The first kappa shape index (κ1) is 19.8. The molecule has 7 nitrogen and oxygen atoms in total. The molecule has 0 atom stereocenters. The smallest absolute Gasteiger partial charge is 0.261 e. The zero-order valence-corrected chi connectivity index (χ0v) is 17.4. The number of rotatable bonds is 5. The molecule has 2 aromatic rings. The normalized spacial score (nSPS) is 18.2. The molecule has 31 heavy (non-hydrogen) atoms. The van der Waals surface area contributed by atoms with Crippen molar-refractivity contribution in [3.05, 3.63) is 64.7 Å². The third-order valence-corrected chi connectivity index (χ3v) is 6.31. The first-order chi connectivity index (χ1) is 15.1. The van der Waals surface area contributed by atoms with Crippen molar-refractivity contribution in [2.75, 3.05) is 39.3 Å². The second-order valence-electron chi connectivity index (χ2n) is 8.25. The number of fused-ring (bicyclic) bond motifs is 2. The van der Waals surface area contributed by atoms with E-state index in [1.807, 2.05) is 4.90 Å². The number of nitrogens with zero attached hydrogens (tertiary/aromatic N) is 3. The lowest BCUT2D eigenvalue weighted by Crippen LogP contribution is -2.49. The maximum Gasteiger partial charge on any atom is 0.261 e. The largest absolute Gasteiger partial charge is 0.493 e. The van der Waals surface area contributed by atoms with Crippen LogP contribution in [0, 0.1) is 0 Å². The molecule has 160 valence electrons. The van der Waals surface area contributed by atoms with Crippen LogP contribution in [0.2, 0.25) is 0 Å². The summed E-state index contributed by atoms with van der Waals surface area (Å²) in [6.07, 6.45) is 1.13. The van der Waals surface area contributed by atoms with Gasteiger partial charge in [-0.3, -0.25) is 24.2 Å². The predicted octanol–water partition coefficient (Wildman–Crippen LogP) is 1.95. The Bertz CT molecular complexity index is 1010. The van der Waals surface area contributed by atoms with E-state index < -0.39 is 0 Å². The van der Waals surface area contributed by atoms with Crippen LogP contribution in [0.5, 0.6) is 5.75 Å². The van der Waals surface area contributed by atoms with Gasteiger partial charge in [-0.25, -0.2) is 0 Å². The van der Waals surface area contributed by atoms with E-state index in [4.69, 9.17) is 4.74 Å². The topological polar surface area (TPSA) is 70.2 Å². The Hall–Kier alpha value is -3.19. The molecule has 0 aromatic heterocycles. The van der Waals surface area contributed by atoms with Crippen molar-refractivity contribution in [1.29, 1.82) is 0 Å². The highest BCUT2D eigenvalue weighted by Crippen LogP contribution is 2.26. The maximum absolute atomic E-state index is 12.7. The summed E-state index contributed by atoms with van der Waals surface area (Å²) in [5.41, 5.74) is 3.40. The van der Waals surface area contributed by atoms with Gasteiger partial charge in [0, 0.05) is 52.1 Å². The van der Waals surface area contributed by atoms with Crippen molar-refractivity contribution in [2.24, 2.45) is 0 Å². The van der Waals surface area contributed by atoms with Crippen molar-refractivity contribution in [3.63, 3.8) is 0 Å². The highest BCUT2D eigenvalue weighted by atomic mass is 16.5. The molecule has 0 aliphatic carbocycles. The molecule has 0 unspecified atom stereocenters. The number of benzene rings is 2. The first-order valence-electron chi connectivity index (χ1n) is 10.8. The molecule has 3 amide bonds. The van der Waals surface area contributed by atoms with E-state index in [1.165, 1.54) is 16.0 Å². The van der Waals surface area contributed by atoms with Gasteiger partial charge in [-0.1, -0.05) is 24.3 Å². The number of carbonyl (C=O) groups is 3. The van der Waals surface area contributed by atoms with Crippen LogP contribution in [-0.4, -0.2) is 71.8 Å². The first-order valence-corrected chi connectivity index (χ1v) is 10.8. The molecule has 5 rings (SSSR count).